The van der Waals surface area contributed by atoms with E-state index >= 15 is 0 Å². The third kappa shape index (κ3) is 592. The highest BCUT2D eigenvalue weighted by atomic mass is 32.5. The second-order valence-electron chi connectivity index (χ2n) is 4.56. The van der Waals surface area contributed by atoms with E-state index in [2.05, 4.69) is 65.2 Å². The fraction of sp³-hybridized carbons (Fsp3) is 1.00. The van der Waals surface area contributed by atoms with Crippen LogP contribution in [0.1, 0.15) is 48.0 Å². The summed E-state index contributed by atoms with van der Waals surface area (Å²) in [7, 11) is 0. The smallest absolute Gasteiger partial charge is 0.319 e. The maximum atomic E-state index is 7.56. The van der Waals surface area contributed by atoms with E-state index in [9.17, 15) is 0 Å². The van der Waals surface area contributed by atoms with Crippen molar-refractivity contribution in [2.24, 2.45) is 11.8 Å². The molecule has 0 aromatic heterocycles. The van der Waals surface area contributed by atoms with Gasteiger partial charge in [-0.3, -0.25) is 0 Å². The predicted octanol–water partition coefficient (Wildman–Crippen LogP) is 2.09. The minimum atomic E-state index is -3.81. The predicted molar refractivity (Wildman–Crippen MR) is 87.5 cm³/mol. The van der Waals surface area contributed by atoms with Crippen molar-refractivity contribution >= 4 is 37.1 Å². The molecule has 10 heteroatoms. The molecule has 0 saturated heterocycles. The van der Waals surface area contributed by atoms with E-state index in [0.29, 0.717) is 0 Å². The van der Waals surface area contributed by atoms with E-state index in [4.69, 9.17) is 29.4 Å². The molecule has 0 fully saturated rings. The van der Waals surface area contributed by atoms with Gasteiger partial charge in [0.2, 0.25) is 0 Å². The van der Waals surface area contributed by atoms with Crippen molar-refractivity contribution in [1.82, 2.24) is 0 Å². The zero-order valence-electron chi connectivity index (χ0n) is 12.3. The lowest BCUT2D eigenvalue weighted by Gasteiger charge is -1.90. The molecule has 0 radical (unpaired) electrons. The van der Waals surface area contributed by atoms with Crippen molar-refractivity contribution in [2.75, 3.05) is 0 Å². The van der Waals surface area contributed by atoms with Crippen molar-refractivity contribution in [3.63, 3.8) is 0 Å². The van der Waals surface area contributed by atoms with Gasteiger partial charge >= 0.3 is 13.4 Å². The first-order chi connectivity index (χ1) is 8.00. The lowest BCUT2D eigenvalue weighted by Crippen LogP contribution is -1.77. The third-order valence-corrected chi connectivity index (χ3v) is 0.816. The Morgan fingerprint density at radius 1 is 0.737 bits per heavy atom. The first-order valence-corrected chi connectivity index (χ1v) is 10.9. The average molecular weight is 358 g/mol. The van der Waals surface area contributed by atoms with Gasteiger partial charge in [-0.25, -0.2) is 0 Å². The molecule has 0 rings (SSSR count). The molecule has 0 aromatic carbocycles. The molecule has 0 aliphatic heterocycles. The standard InChI is InChI=1S/C5H12.C4H10.2H3O3PS/c1-4-5(2)3;1-4(2)3;2*1-4(2,3)5/h5H,4H2,1-3H3;4H,1-3H3;2*(H3,1,2,3,5). The van der Waals surface area contributed by atoms with Crippen molar-refractivity contribution in [3.05, 3.63) is 0 Å². The highest BCUT2D eigenvalue weighted by molar-refractivity contribution is 8.06. The van der Waals surface area contributed by atoms with Crippen molar-refractivity contribution in [2.45, 2.75) is 48.0 Å². The van der Waals surface area contributed by atoms with Gasteiger partial charge in [0, 0.05) is 0 Å². The van der Waals surface area contributed by atoms with Crippen molar-refractivity contribution in [3.8, 4) is 0 Å². The Morgan fingerprint density at radius 2 is 0.789 bits per heavy atom. The molecular weight excluding hydrogens is 330 g/mol. The molecule has 0 aliphatic rings. The highest BCUT2D eigenvalue weighted by Crippen LogP contribution is 2.26. The first-order valence-electron chi connectivity index (χ1n) is 5.57. The van der Waals surface area contributed by atoms with Crippen LogP contribution < -0.4 is 0 Å². The lowest BCUT2D eigenvalue weighted by atomic mass is 10.2. The number of hydrogen-bond acceptors (Lipinski definition) is 2. The SMILES string of the molecule is CC(C)C.CCC(C)C.OP(O)(O)=S.OP(O)(O)=S. The normalized spacial score (nSPS) is 10.6. The second-order valence-corrected chi connectivity index (χ2v) is 9.55. The summed E-state index contributed by atoms with van der Waals surface area (Å²) in [4.78, 5) is 45.3. The van der Waals surface area contributed by atoms with E-state index in [1.807, 2.05) is 0 Å². The fourth-order valence-electron chi connectivity index (χ4n) is 0. The second kappa shape index (κ2) is 15.4. The number of rotatable bonds is 1. The maximum absolute atomic E-state index is 7.56. The molecule has 0 amide bonds. The van der Waals surface area contributed by atoms with E-state index in [-0.39, 0.29) is 0 Å². The third-order valence-electron chi connectivity index (χ3n) is 0.816. The Balaban J connectivity index is -0.0000000793. The van der Waals surface area contributed by atoms with Crippen LogP contribution in [0.15, 0.2) is 0 Å². The monoisotopic (exact) mass is 358 g/mol. The van der Waals surface area contributed by atoms with E-state index < -0.39 is 13.4 Å². The zero-order valence-corrected chi connectivity index (χ0v) is 15.7. The van der Waals surface area contributed by atoms with E-state index in [1.54, 1.807) is 0 Å². The molecule has 0 saturated carbocycles. The molecule has 19 heavy (non-hydrogen) atoms. The summed E-state index contributed by atoms with van der Waals surface area (Å²) >= 11 is 7.21. The quantitative estimate of drug-likeness (QED) is 0.394. The average Bonchev–Trinajstić information content (AvgIpc) is 1.95. The summed E-state index contributed by atoms with van der Waals surface area (Å²) in [5.41, 5.74) is 0. The summed E-state index contributed by atoms with van der Waals surface area (Å²) in [6.07, 6.45) is 1.31. The first kappa shape index (κ1) is 28.3. The lowest BCUT2D eigenvalue weighted by molar-refractivity contribution is 0.361. The molecule has 0 aromatic rings. The van der Waals surface area contributed by atoms with Crippen LogP contribution in [0, 0.1) is 11.8 Å². The van der Waals surface area contributed by atoms with Gasteiger partial charge in [-0.1, -0.05) is 48.0 Å². The molecule has 0 unspecified atom stereocenters. The van der Waals surface area contributed by atoms with Gasteiger partial charge in [-0.2, -0.15) is 0 Å². The molecule has 0 spiro atoms. The summed E-state index contributed by atoms with van der Waals surface area (Å²) in [6, 6.07) is 0. The van der Waals surface area contributed by atoms with Crippen LogP contribution in [-0.2, 0) is 23.6 Å². The minimum Gasteiger partial charge on any atom is -0.325 e. The van der Waals surface area contributed by atoms with Crippen LogP contribution in [-0.4, -0.2) is 29.4 Å². The largest absolute Gasteiger partial charge is 0.325 e. The van der Waals surface area contributed by atoms with Gasteiger partial charge in [0.25, 0.3) is 0 Å². The fourth-order valence-corrected chi connectivity index (χ4v) is 0. The minimum absolute atomic E-state index is 0.833. The van der Waals surface area contributed by atoms with Crippen molar-refractivity contribution in [1.29, 1.82) is 0 Å². The Labute approximate surface area is 126 Å². The Hall–Kier alpha value is 1.06. The van der Waals surface area contributed by atoms with E-state index in [1.165, 1.54) is 6.42 Å². The van der Waals surface area contributed by atoms with Crippen LogP contribution in [0.5, 0.6) is 0 Å². The summed E-state index contributed by atoms with van der Waals surface area (Å²) < 4.78 is 0. The van der Waals surface area contributed by atoms with E-state index in [0.717, 1.165) is 11.8 Å². The highest BCUT2D eigenvalue weighted by Gasteiger charge is 1.92. The molecule has 0 aliphatic carbocycles. The Bertz CT molecular complexity index is 222. The Kier molecular flexibility index (Phi) is 23.0. The van der Waals surface area contributed by atoms with Gasteiger partial charge < -0.3 is 29.4 Å². The molecule has 0 heterocycles. The van der Waals surface area contributed by atoms with Gasteiger partial charge in [-0.15, -0.1) is 0 Å². The molecule has 0 atom stereocenters. The molecule has 6 nitrogen and oxygen atoms in total. The topological polar surface area (TPSA) is 121 Å². The maximum Gasteiger partial charge on any atom is 0.319 e. The molecule has 6 N–H and O–H groups in total. The van der Waals surface area contributed by atoms with Crippen LogP contribution >= 0.6 is 13.4 Å². The zero-order chi connectivity index (χ0) is 16.9. The molecule has 0 bridgehead atoms. The number of hydrogen-bond donors (Lipinski definition) is 6. The van der Waals surface area contributed by atoms with Crippen molar-refractivity contribution < 1.29 is 29.4 Å². The van der Waals surface area contributed by atoms with Crippen LogP contribution in [0.25, 0.3) is 0 Å². The van der Waals surface area contributed by atoms with Crippen LogP contribution in [0.2, 0.25) is 0 Å². The molecular formula is C9H28O6P2S2. The summed E-state index contributed by atoms with van der Waals surface area (Å²) in [5, 5.41) is 0. The van der Waals surface area contributed by atoms with Crippen LogP contribution in [0.3, 0.4) is 0 Å². The van der Waals surface area contributed by atoms with Gasteiger partial charge in [0.1, 0.15) is 0 Å². The summed E-state index contributed by atoms with van der Waals surface area (Å²) in [6.45, 7) is 5.53. The van der Waals surface area contributed by atoms with Gasteiger partial charge in [0.15, 0.2) is 0 Å². The van der Waals surface area contributed by atoms with Crippen LogP contribution in [0.4, 0.5) is 0 Å². The van der Waals surface area contributed by atoms with Gasteiger partial charge in [0.05, 0.1) is 0 Å². The summed E-state index contributed by atoms with van der Waals surface area (Å²) in [5.74, 6) is 1.72. The molecule has 122 valence electrons. The van der Waals surface area contributed by atoms with Gasteiger partial charge in [-0.05, 0) is 35.4 Å². The Morgan fingerprint density at radius 3 is 0.789 bits per heavy atom.